The van der Waals surface area contributed by atoms with Crippen LogP contribution in [0.5, 0.6) is 5.75 Å². The number of sulfone groups is 1. The molecule has 0 amide bonds. The molecule has 1 aromatic rings. The van der Waals surface area contributed by atoms with Crippen molar-refractivity contribution >= 4 is 9.84 Å². The molecule has 1 rings (SSSR count). The molecule has 0 aliphatic rings. The first kappa shape index (κ1) is 14.9. The molecule has 0 bridgehead atoms. The molecule has 18 heavy (non-hydrogen) atoms. The lowest BCUT2D eigenvalue weighted by Gasteiger charge is -2.06. The number of aromatic nitrogens is 1. The van der Waals surface area contributed by atoms with E-state index in [1.54, 1.807) is 13.1 Å². The summed E-state index contributed by atoms with van der Waals surface area (Å²) in [6, 6.07) is 3.72. The van der Waals surface area contributed by atoms with Gasteiger partial charge in [0.2, 0.25) is 0 Å². The van der Waals surface area contributed by atoms with Crippen LogP contribution in [-0.2, 0) is 16.4 Å². The maximum absolute atomic E-state index is 11.3. The highest BCUT2D eigenvalue weighted by Crippen LogP contribution is 2.09. The molecular formula is C12H20N2O3S. The molecular weight excluding hydrogens is 252 g/mol. The molecule has 0 saturated carbocycles. The fourth-order valence-electron chi connectivity index (χ4n) is 1.40. The minimum atomic E-state index is -2.89. The number of pyridine rings is 1. The third-order valence-corrected chi connectivity index (χ3v) is 4.25. The van der Waals surface area contributed by atoms with Crippen LogP contribution in [0, 0.1) is 0 Å². The van der Waals surface area contributed by atoms with Crippen LogP contribution in [0.3, 0.4) is 0 Å². The van der Waals surface area contributed by atoms with Crippen molar-refractivity contribution in [2.45, 2.75) is 19.9 Å². The number of nitrogens with zero attached hydrogens (tertiary/aromatic N) is 1. The third-order valence-electron chi connectivity index (χ3n) is 2.46. The monoisotopic (exact) mass is 272 g/mol. The van der Waals surface area contributed by atoms with Gasteiger partial charge in [-0.25, -0.2) is 8.42 Å². The van der Waals surface area contributed by atoms with Crippen LogP contribution in [0.2, 0.25) is 0 Å². The summed E-state index contributed by atoms with van der Waals surface area (Å²) in [5.74, 6) is 1.03. The van der Waals surface area contributed by atoms with Crippen molar-refractivity contribution in [2.24, 2.45) is 0 Å². The van der Waals surface area contributed by atoms with Crippen molar-refractivity contribution < 1.29 is 13.2 Å². The predicted molar refractivity (Wildman–Crippen MR) is 71.4 cm³/mol. The third kappa shape index (κ3) is 5.46. The van der Waals surface area contributed by atoms with Crippen molar-refractivity contribution in [3.8, 4) is 5.75 Å². The quantitative estimate of drug-likeness (QED) is 0.715. The molecule has 1 heterocycles. The van der Waals surface area contributed by atoms with E-state index in [2.05, 4.69) is 10.3 Å². The first-order chi connectivity index (χ1) is 8.57. The maximum Gasteiger partial charge on any atom is 0.150 e. The molecule has 102 valence electrons. The summed E-state index contributed by atoms with van der Waals surface area (Å²) >= 11 is 0. The van der Waals surface area contributed by atoms with Gasteiger partial charge in [0, 0.05) is 12.3 Å². The van der Waals surface area contributed by atoms with E-state index in [0.717, 1.165) is 12.2 Å². The van der Waals surface area contributed by atoms with E-state index in [-0.39, 0.29) is 11.5 Å². The van der Waals surface area contributed by atoms with Crippen LogP contribution < -0.4 is 10.1 Å². The second-order valence-electron chi connectivity index (χ2n) is 3.95. The van der Waals surface area contributed by atoms with Gasteiger partial charge >= 0.3 is 0 Å². The average Bonchev–Trinajstić information content (AvgIpc) is 2.37. The lowest BCUT2D eigenvalue weighted by molar-refractivity contribution is 0.316. The predicted octanol–water partition coefficient (Wildman–Crippen LogP) is 1.00. The van der Waals surface area contributed by atoms with Gasteiger partial charge in [0.1, 0.15) is 15.6 Å². The van der Waals surface area contributed by atoms with Crippen molar-refractivity contribution in [3.05, 3.63) is 24.0 Å². The Kier molecular flexibility index (Phi) is 6.07. The molecule has 0 aliphatic carbocycles. The van der Waals surface area contributed by atoms with Gasteiger partial charge < -0.3 is 10.1 Å². The van der Waals surface area contributed by atoms with Crippen molar-refractivity contribution in [1.29, 1.82) is 0 Å². The molecule has 0 saturated heterocycles. The molecule has 5 nitrogen and oxygen atoms in total. The SMILES string of the molecule is CCS(=O)(=O)CCCOc1ccc(CNC)nc1. The Morgan fingerprint density at radius 2 is 2.17 bits per heavy atom. The summed E-state index contributed by atoms with van der Waals surface area (Å²) in [5.41, 5.74) is 0.943. The molecule has 0 fully saturated rings. The highest BCUT2D eigenvalue weighted by molar-refractivity contribution is 7.91. The van der Waals surface area contributed by atoms with Crippen molar-refractivity contribution in [1.82, 2.24) is 10.3 Å². The van der Waals surface area contributed by atoms with Crippen molar-refractivity contribution in [2.75, 3.05) is 25.2 Å². The molecule has 0 aromatic carbocycles. The summed E-state index contributed by atoms with van der Waals surface area (Å²) in [5, 5.41) is 3.01. The lowest BCUT2D eigenvalue weighted by atomic mass is 10.3. The number of nitrogens with one attached hydrogen (secondary N) is 1. The smallest absolute Gasteiger partial charge is 0.150 e. The van der Waals surface area contributed by atoms with E-state index >= 15 is 0 Å². The van der Waals surface area contributed by atoms with Crippen LogP contribution in [0.25, 0.3) is 0 Å². The number of rotatable bonds is 8. The largest absolute Gasteiger partial charge is 0.492 e. The zero-order valence-electron chi connectivity index (χ0n) is 10.8. The van der Waals surface area contributed by atoms with E-state index in [1.165, 1.54) is 0 Å². The van der Waals surface area contributed by atoms with E-state index in [9.17, 15) is 8.42 Å². The minimum Gasteiger partial charge on any atom is -0.492 e. The number of hydrogen-bond acceptors (Lipinski definition) is 5. The van der Waals surface area contributed by atoms with Gasteiger partial charge in [-0.2, -0.15) is 0 Å². The van der Waals surface area contributed by atoms with Gasteiger partial charge in [0.15, 0.2) is 0 Å². The first-order valence-corrected chi connectivity index (χ1v) is 7.82. The average molecular weight is 272 g/mol. The molecule has 6 heteroatoms. The van der Waals surface area contributed by atoms with Crippen LogP contribution in [-0.4, -0.2) is 38.6 Å². The molecule has 1 N–H and O–H groups in total. The summed E-state index contributed by atoms with van der Waals surface area (Å²) in [6.07, 6.45) is 2.16. The van der Waals surface area contributed by atoms with Crippen LogP contribution in [0.4, 0.5) is 0 Å². The summed E-state index contributed by atoms with van der Waals surface area (Å²) < 4.78 is 27.9. The summed E-state index contributed by atoms with van der Waals surface area (Å²) in [6.45, 7) is 2.77. The molecule has 0 aliphatic heterocycles. The Morgan fingerprint density at radius 1 is 1.39 bits per heavy atom. The van der Waals surface area contributed by atoms with Crippen LogP contribution in [0.15, 0.2) is 18.3 Å². The van der Waals surface area contributed by atoms with E-state index < -0.39 is 9.84 Å². The lowest BCUT2D eigenvalue weighted by Crippen LogP contribution is -2.12. The Morgan fingerprint density at radius 3 is 2.72 bits per heavy atom. The van der Waals surface area contributed by atoms with E-state index in [0.29, 0.717) is 18.8 Å². The van der Waals surface area contributed by atoms with Crippen LogP contribution in [0.1, 0.15) is 19.0 Å². The number of ether oxygens (including phenoxy) is 1. The maximum atomic E-state index is 11.3. The second kappa shape index (κ2) is 7.33. The van der Waals surface area contributed by atoms with Gasteiger partial charge in [-0.1, -0.05) is 6.92 Å². The first-order valence-electron chi connectivity index (χ1n) is 6.00. The van der Waals surface area contributed by atoms with E-state index in [1.807, 2.05) is 19.2 Å². The van der Waals surface area contributed by atoms with Gasteiger partial charge in [0.25, 0.3) is 0 Å². The van der Waals surface area contributed by atoms with E-state index in [4.69, 9.17) is 4.74 Å². The Labute approximate surface area is 108 Å². The molecule has 0 unspecified atom stereocenters. The molecule has 1 aromatic heterocycles. The van der Waals surface area contributed by atoms with Gasteiger partial charge in [-0.15, -0.1) is 0 Å². The standard InChI is InChI=1S/C12H20N2O3S/c1-3-18(15,16)8-4-7-17-12-6-5-11(9-13-2)14-10-12/h5-6,10,13H,3-4,7-9H2,1-2H3. The fourth-order valence-corrected chi connectivity index (χ4v) is 2.24. The Bertz CT molecular complexity index is 443. The Balaban J connectivity index is 2.31. The van der Waals surface area contributed by atoms with Crippen LogP contribution >= 0.6 is 0 Å². The number of hydrogen-bond donors (Lipinski definition) is 1. The van der Waals surface area contributed by atoms with Gasteiger partial charge in [-0.05, 0) is 25.6 Å². The summed E-state index contributed by atoms with van der Waals surface area (Å²) in [7, 11) is -1.03. The fraction of sp³-hybridized carbons (Fsp3) is 0.583. The molecule has 0 atom stereocenters. The zero-order chi connectivity index (χ0) is 13.4. The highest BCUT2D eigenvalue weighted by atomic mass is 32.2. The molecule has 0 radical (unpaired) electrons. The molecule has 0 spiro atoms. The van der Waals surface area contributed by atoms with Crippen molar-refractivity contribution in [3.63, 3.8) is 0 Å². The summed E-state index contributed by atoms with van der Waals surface area (Å²) in [4.78, 5) is 4.21. The van der Waals surface area contributed by atoms with Gasteiger partial charge in [-0.3, -0.25) is 4.98 Å². The zero-order valence-corrected chi connectivity index (χ0v) is 11.7. The minimum absolute atomic E-state index is 0.175. The second-order valence-corrected chi connectivity index (χ2v) is 6.43. The normalized spacial score (nSPS) is 11.4. The Hall–Kier alpha value is -1.14. The highest BCUT2D eigenvalue weighted by Gasteiger charge is 2.06. The topological polar surface area (TPSA) is 68.3 Å². The van der Waals surface area contributed by atoms with Gasteiger partial charge in [0.05, 0.1) is 24.3 Å².